The van der Waals surface area contributed by atoms with Crippen molar-refractivity contribution in [2.24, 2.45) is 0 Å². The summed E-state index contributed by atoms with van der Waals surface area (Å²) >= 11 is 7.68. The number of thiazole rings is 1. The summed E-state index contributed by atoms with van der Waals surface area (Å²) in [5.74, 6) is 0. The minimum Gasteiger partial charge on any atom is -0.357 e. The van der Waals surface area contributed by atoms with Crippen LogP contribution in [0.25, 0.3) is 11.3 Å². The van der Waals surface area contributed by atoms with E-state index < -0.39 is 0 Å². The molecule has 0 saturated heterocycles. The predicted molar refractivity (Wildman–Crippen MR) is 91.1 cm³/mol. The van der Waals surface area contributed by atoms with Crippen molar-refractivity contribution in [1.82, 2.24) is 4.98 Å². The second-order valence-corrected chi connectivity index (χ2v) is 6.11. The van der Waals surface area contributed by atoms with Crippen LogP contribution in [0.15, 0.2) is 53.9 Å². The highest BCUT2D eigenvalue weighted by Gasteiger charge is 2.06. The zero-order valence-corrected chi connectivity index (χ0v) is 13.2. The third kappa shape index (κ3) is 3.43. The Kier molecular flexibility index (Phi) is 4.23. The van der Waals surface area contributed by atoms with Crippen LogP contribution in [0.1, 0.15) is 11.1 Å². The maximum atomic E-state index is 6.06. The lowest BCUT2D eigenvalue weighted by molar-refractivity contribution is 1.14. The number of aromatic nitrogens is 1. The van der Waals surface area contributed by atoms with E-state index in [9.17, 15) is 0 Å². The van der Waals surface area contributed by atoms with Gasteiger partial charge in [-0.05, 0) is 30.2 Å². The topological polar surface area (TPSA) is 24.9 Å². The molecule has 0 aliphatic rings. The van der Waals surface area contributed by atoms with E-state index in [1.807, 2.05) is 37.3 Å². The summed E-state index contributed by atoms with van der Waals surface area (Å²) in [5, 5.41) is 7.14. The smallest absolute Gasteiger partial charge is 0.183 e. The summed E-state index contributed by atoms with van der Waals surface area (Å²) in [6.07, 6.45) is 0. The average Bonchev–Trinajstić information content (AvgIpc) is 2.98. The standard InChI is InChI=1S/C17H15ClN2S/c1-12-9-14(7-8-15(12)18)16-11-21-17(20-16)19-10-13-5-3-2-4-6-13/h2-9,11H,10H2,1H3,(H,19,20). The largest absolute Gasteiger partial charge is 0.357 e. The van der Waals surface area contributed by atoms with Gasteiger partial charge in [0.1, 0.15) is 0 Å². The number of benzene rings is 2. The highest BCUT2D eigenvalue weighted by molar-refractivity contribution is 7.14. The summed E-state index contributed by atoms with van der Waals surface area (Å²) in [6, 6.07) is 16.3. The lowest BCUT2D eigenvalue weighted by atomic mass is 10.1. The summed E-state index contributed by atoms with van der Waals surface area (Å²) in [6.45, 7) is 2.79. The number of hydrogen-bond acceptors (Lipinski definition) is 3. The van der Waals surface area contributed by atoms with Crippen LogP contribution >= 0.6 is 22.9 Å². The first-order chi connectivity index (χ1) is 10.2. The average molecular weight is 315 g/mol. The third-order valence-corrected chi connectivity index (χ3v) is 4.47. The molecular weight excluding hydrogens is 300 g/mol. The normalized spacial score (nSPS) is 10.6. The molecule has 0 atom stereocenters. The summed E-state index contributed by atoms with van der Waals surface area (Å²) in [4.78, 5) is 4.63. The molecule has 0 amide bonds. The first-order valence-electron chi connectivity index (χ1n) is 6.72. The Labute approximate surface area is 133 Å². The maximum Gasteiger partial charge on any atom is 0.183 e. The van der Waals surface area contributed by atoms with Crippen LogP contribution in [0.2, 0.25) is 5.02 Å². The van der Waals surface area contributed by atoms with Crippen molar-refractivity contribution in [3.8, 4) is 11.3 Å². The molecular formula is C17H15ClN2S. The van der Waals surface area contributed by atoms with E-state index in [0.29, 0.717) is 0 Å². The predicted octanol–water partition coefficient (Wildman–Crippen LogP) is 5.38. The molecule has 0 fully saturated rings. The summed E-state index contributed by atoms with van der Waals surface area (Å²) in [5.41, 5.74) is 4.40. The zero-order valence-electron chi connectivity index (χ0n) is 11.6. The van der Waals surface area contributed by atoms with Gasteiger partial charge in [-0.25, -0.2) is 4.98 Å². The quantitative estimate of drug-likeness (QED) is 0.699. The van der Waals surface area contributed by atoms with Crippen molar-refractivity contribution in [1.29, 1.82) is 0 Å². The monoisotopic (exact) mass is 314 g/mol. The number of halogens is 1. The molecule has 0 aliphatic heterocycles. The Morgan fingerprint density at radius 1 is 1.14 bits per heavy atom. The van der Waals surface area contributed by atoms with E-state index in [1.165, 1.54) is 5.56 Å². The van der Waals surface area contributed by atoms with E-state index >= 15 is 0 Å². The van der Waals surface area contributed by atoms with Gasteiger partial charge in [-0.1, -0.05) is 48.0 Å². The number of aryl methyl sites for hydroxylation is 1. The molecule has 0 saturated carbocycles. The van der Waals surface area contributed by atoms with Crippen LogP contribution in [0, 0.1) is 6.92 Å². The van der Waals surface area contributed by atoms with Gasteiger partial charge in [0.05, 0.1) is 5.69 Å². The van der Waals surface area contributed by atoms with Crippen LogP contribution in [-0.4, -0.2) is 4.98 Å². The molecule has 3 rings (SSSR count). The second-order valence-electron chi connectivity index (χ2n) is 4.84. The number of rotatable bonds is 4. The molecule has 4 heteroatoms. The number of anilines is 1. The molecule has 2 aromatic carbocycles. The Morgan fingerprint density at radius 2 is 1.95 bits per heavy atom. The van der Waals surface area contributed by atoms with Crippen molar-refractivity contribution >= 4 is 28.1 Å². The van der Waals surface area contributed by atoms with Crippen molar-refractivity contribution in [2.75, 3.05) is 5.32 Å². The van der Waals surface area contributed by atoms with Gasteiger partial charge in [-0.15, -0.1) is 11.3 Å². The number of nitrogens with one attached hydrogen (secondary N) is 1. The van der Waals surface area contributed by atoms with Crippen molar-refractivity contribution in [2.45, 2.75) is 13.5 Å². The van der Waals surface area contributed by atoms with E-state index in [0.717, 1.165) is 33.5 Å². The minimum absolute atomic E-state index is 0.785. The van der Waals surface area contributed by atoms with Gasteiger partial charge in [0.2, 0.25) is 0 Å². The van der Waals surface area contributed by atoms with Gasteiger partial charge in [0.25, 0.3) is 0 Å². The molecule has 0 aliphatic carbocycles. The van der Waals surface area contributed by atoms with Gasteiger partial charge in [0.15, 0.2) is 5.13 Å². The lowest BCUT2D eigenvalue weighted by Crippen LogP contribution is -1.98. The van der Waals surface area contributed by atoms with E-state index in [4.69, 9.17) is 11.6 Å². The van der Waals surface area contributed by atoms with Crippen molar-refractivity contribution < 1.29 is 0 Å². The van der Waals surface area contributed by atoms with Gasteiger partial charge in [-0.3, -0.25) is 0 Å². The SMILES string of the molecule is Cc1cc(-c2csc(NCc3ccccc3)n2)ccc1Cl. The molecule has 1 heterocycles. The lowest BCUT2D eigenvalue weighted by Gasteiger charge is -2.03. The van der Waals surface area contributed by atoms with Crippen LogP contribution < -0.4 is 5.32 Å². The Morgan fingerprint density at radius 3 is 2.71 bits per heavy atom. The minimum atomic E-state index is 0.785. The van der Waals surface area contributed by atoms with Crippen LogP contribution in [0.4, 0.5) is 5.13 Å². The van der Waals surface area contributed by atoms with Crippen LogP contribution in [0.3, 0.4) is 0 Å². The molecule has 3 aromatic rings. The molecule has 0 spiro atoms. The molecule has 0 unspecified atom stereocenters. The molecule has 2 nitrogen and oxygen atoms in total. The van der Waals surface area contributed by atoms with Crippen LogP contribution in [-0.2, 0) is 6.54 Å². The first-order valence-corrected chi connectivity index (χ1v) is 7.98. The highest BCUT2D eigenvalue weighted by atomic mass is 35.5. The van der Waals surface area contributed by atoms with E-state index in [1.54, 1.807) is 11.3 Å². The first kappa shape index (κ1) is 14.1. The van der Waals surface area contributed by atoms with Gasteiger partial charge in [0, 0.05) is 22.5 Å². The molecule has 106 valence electrons. The second kappa shape index (κ2) is 6.29. The fourth-order valence-electron chi connectivity index (χ4n) is 2.07. The Bertz CT molecular complexity index is 738. The third-order valence-electron chi connectivity index (χ3n) is 3.24. The summed E-state index contributed by atoms with van der Waals surface area (Å²) in [7, 11) is 0. The molecule has 1 aromatic heterocycles. The Balaban J connectivity index is 1.72. The summed E-state index contributed by atoms with van der Waals surface area (Å²) < 4.78 is 0. The number of nitrogens with zero attached hydrogens (tertiary/aromatic N) is 1. The molecule has 1 N–H and O–H groups in total. The Hall–Kier alpha value is -1.84. The molecule has 21 heavy (non-hydrogen) atoms. The molecule has 0 bridgehead atoms. The van der Waals surface area contributed by atoms with Crippen molar-refractivity contribution in [3.05, 3.63) is 70.1 Å². The van der Waals surface area contributed by atoms with E-state index in [2.05, 4.69) is 33.9 Å². The fourth-order valence-corrected chi connectivity index (χ4v) is 2.90. The zero-order chi connectivity index (χ0) is 14.7. The van der Waals surface area contributed by atoms with Gasteiger partial charge >= 0.3 is 0 Å². The van der Waals surface area contributed by atoms with Gasteiger partial charge < -0.3 is 5.32 Å². The maximum absolute atomic E-state index is 6.06. The highest BCUT2D eigenvalue weighted by Crippen LogP contribution is 2.28. The van der Waals surface area contributed by atoms with Crippen LogP contribution in [0.5, 0.6) is 0 Å². The van der Waals surface area contributed by atoms with E-state index in [-0.39, 0.29) is 0 Å². The fraction of sp³-hybridized carbons (Fsp3) is 0.118. The number of hydrogen-bond donors (Lipinski definition) is 1. The molecule has 0 radical (unpaired) electrons. The van der Waals surface area contributed by atoms with Crippen molar-refractivity contribution in [3.63, 3.8) is 0 Å². The van der Waals surface area contributed by atoms with Gasteiger partial charge in [-0.2, -0.15) is 0 Å².